The molecule has 8 atom stereocenters. The van der Waals surface area contributed by atoms with E-state index in [2.05, 4.69) is 13.8 Å². The van der Waals surface area contributed by atoms with Crippen LogP contribution in [0.25, 0.3) is 0 Å². The van der Waals surface area contributed by atoms with Crippen LogP contribution in [0.1, 0.15) is 90.9 Å². The minimum absolute atomic E-state index is 0.995. The van der Waals surface area contributed by atoms with Gasteiger partial charge in [0.05, 0.1) is 0 Å². The summed E-state index contributed by atoms with van der Waals surface area (Å²) in [7, 11) is 0. The zero-order valence-electron chi connectivity index (χ0n) is 15.1. The second-order valence-corrected chi connectivity index (χ2v) is 9.90. The minimum Gasteiger partial charge on any atom is -0.0622 e. The molecular weight excluding hydrogens is 264 g/mol. The lowest BCUT2D eigenvalue weighted by atomic mass is 9.57. The van der Waals surface area contributed by atoms with Crippen LogP contribution in [0.2, 0.25) is 0 Å². The molecule has 0 aromatic heterocycles. The first-order valence-electron chi connectivity index (χ1n) is 10.7. The first-order chi connectivity index (χ1) is 10.7. The molecule has 8 unspecified atom stereocenters. The van der Waals surface area contributed by atoms with Gasteiger partial charge in [0.2, 0.25) is 0 Å². The average Bonchev–Trinajstić information content (AvgIpc) is 2.55. The quantitative estimate of drug-likeness (QED) is 0.506. The molecule has 22 heavy (non-hydrogen) atoms. The van der Waals surface area contributed by atoms with Crippen LogP contribution in [0.5, 0.6) is 0 Å². The smallest absolute Gasteiger partial charge is 0.0380 e. The van der Waals surface area contributed by atoms with Crippen LogP contribution in [0.3, 0.4) is 0 Å². The van der Waals surface area contributed by atoms with Crippen molar-refractivity contribution in [2.75, 3.05) is 0 Å². The molecule has 0 spiro atoms. The molecular formula is C22H38. The molecule has 0 aromatic rings. The summed E-state index contributed by atoms with van der Waals surface area (Å²) in [5, 5.41) is 0. The lowest BCUT2D eigenvalue weighted by molar-refractivity contribution is 0.0243. The van der Waals surface area contributed by atoms with Gasteiger partial charge in [0.15, 0.2) is 0 Å². The molecule has 4 fully saturated rings. The second kappa shape index (κ2) is 6.48. The molecule has 0 heteroatoms. The normalized spacial score (nSPS) is 52.6. The predicted octanol–water partition coefficient (Wildman–Crippen LogP) is 6.69. The van der Waals surface area contributed by atoms with E-state index in [1.165, 1.54) is 6.42 Å². The topological polar surface area (TPSA) is 0 Å². The van der Waals surface area contributed by atoms with Crippen LogP contribution in [-0.2, 0) is 0 Å². The fourth-order valence-electron chi connectivity index (χ4n) is 7.15. The molecule has 0 saturated heterocycles. The third kappa shape index (κ3) is 3.01. The van der Waals surface area contributed by atoms with Crippen LogP contribution < -0.4 is 0 Å². The van der Waals surface area contributed by atoms with Crippen molar-refractivity contribution in [1.29, 1.82) is 0 Å². The van der Waals surface area contributed by atoms with Gasteiger partial charge in [-0.25, -0.2) is 0 Å². The van der Waals surface area contributed by atoms with Crippen molar-refractivity contribution in [3.05, 3.63) is 0 Å². The van der Waals surface area contributed by atoms with E-state index in [9.17, 15) is 0 Å². The van der Waals surface area contributed by atoms with Crippen LogP contribution in [0, 0.1) is 47.3 Å². The van der Waals surface area contributed by atoms with E-state index in [1.54, 1.807) is 70.6 Å². The van der Waals surface area contributed by atoms with Crippen molar-refractivity contribution >= 4 is 0 Å². The summed E-state index contributed by atoms with van der Waals surface area (Å²) in [5.74, 6) is 8.71. The van der Waals surface area contributed by atoms with Gasteiger partial charge >= 0.3 is 0 Å². The Hall–Kier alpha value is 0. The first kappa shape index (κ1) is 15.5. The number of rotatable bonds is 1. The Kier molecular flexibility index (Phi) is 4.57. The second-order valence-electron chi connectivity index (χ2n) is 9.90. The van der Waals surface area contributed by atoms with Crippen molar-refractivity contribution in [2.45, 2.75) is 90.9 Å². The first-order valence-corrected chi connectivity index (χ1v) is 10.7. The minimum atomic E-state index is 0.995. The Labute approximate surface area is 138 Å². The maximum absolute atomic E-state index is 2.53. The average molecular weight is 303 g/mol. The third-order valence-corrected chi connectivity index (χ3v) is 8.75. The number of hydrogen-bond donors (Lipinski definition) is 0. The van der Waals surface area contributed by atoms with Crippen molar-refractivity contribution < 1.29 is 0 Å². The van der Waals surface area contributed by atoms with Gasteiger partial charge in [0.1, 0.15) is 0 Å². The van der Waals surface area contributed by atoms with E-state index < -0.39 is 0 Å². The lowest BCUT2D eigenvalue weighted by Gasteiger charge is -2.48. The number of fused-ring (bicyclic) bond motifs is 2. The molecule has 0 amide bonds. The van der Waals surface area contributed by atoms with Gasteiger partial charge in [-0.15, -0.1) is 0 Å². The Morgan fingerprint density at radius 1 is 0.409 bits per heavy atom. The van der Waals surface area contributed by atoms with Crippen LogP contribution in [0.4, 0.5) is 0 Å². The zero-order valence-corrected chi connectivity index (χ0v) is 15.1. The number of hydrogen-bond acceptors (Lipinski definition) is 0. The summed E-state index contributed by atoms with van der Waals surface area (Å²) >= 11 is 0. The summed E-state index contributed by atoms with van der Waals surface area (Å²) < 4.78 is 0. The van der Waals surface area contributed by atoms with Gasteiger partial charge < -0.3 is 0 Å². The van der Waals surface area contributed by atoms with Gasteiger partial charge in [0.25, 0.3) is 0 Å². The summed E-state index contributed by atoms with van der Waals surface area (Å²) in [4.78, 5) is 0. The van der Waals surface area contributed by atoms with Crippen molar-refractivity contribution in [1.82, 2.24) is 0 Å². The Morgan fingerprint density at radius 3 is 1.50 bits per heavy atom. The van der Waals surface area contributed by atoms with Crippen molar-refractivity contribution in [3.63, 3.8) is 0 Å². The van der Waals surface area contributed by atoms with Gasteiger partial charge in [0, 0.05) is 0 Å². The predicted molar refractivity (Wildman–Crippen MR) is 94.7 cm³/mol. The molecule has 4 aliphatic carbocycles. The molecule has 4 saturated carbocycles. The highest BCUT2D eigenvalue weighted by Gasteiger charge is 2.41. The Morgan fingerprint density at radius 2 is 0.818 bits per heavy atom. The fraction of sp³-hybridized carbons (Fsp3) is 1.00. The lowest BCUT2D eigenvalue weighted by Crippen LogP contribution is -2.38. The largest absolute Gasteiger partial charge is 0.0622 e. The van der Waals surface area contributed by atoms with E-state index in [-0.39, 0.29) is 0 Å². The molecule has 0 nitrogen and oxygen atoms in total. The monoisotopic (exact) mass is 302 g/mol. The molecule has 4 aliphatic rings. The van der Waals surface area contributed by atoms with Gasteiger partial charge in [-0.3, -0.25) is 0 Å². The van der Waals surface area contributed by atoms with Gasteiger partial charge in [-0.05, 0) is 98.7 Å². The molecule has 0 bridgehead atoms. The van der Waals surface area contributed by atoms with Gasteiger partial charge in [-0.2, -0.15) is 0 Å². The third-order valence-electron chi connectivity index (χ3n) is 8.75. The van der Waals surface area contributed by atoms with Crippen molar-refractivity contribution in [2.24, 2.45) is 47.3 Å². The SMILES string of the molecule is CC1CC2CCC(C3CCC4CCCCC4C3)CC2CC1C. The van der Waals surface area contributed by atoms with E-state index in [4.69, 9.17) is 0 Å². The highest BCUT2D eigenvalue weighted by atomic mass is 14.5. The maximum Gasteiger partial charge on any atom is -0.0380 e. The molecule has 0 N–H and O–H groups in total. The van der Waals surface area contributed by atoms with Crippen LogP contribution in [-0.4, -0.2) is 0 Å². The van der Waals surface area contributed by atoms with E-state index in [0.29, 0.717) is 0 Å². The summed E-state index contributed by atoms with van der Waals surface area (Å²) in [6, 6.07) is 0. The van der Waals surface area contributed by atoms with Crippen molar-refractivity contribution in [3.8, 4) is 0 Å². The molecule has 0 aromatic carbocycles. The summed E-state index contributed by atoms with van der Waals surface area (Å²) in [5.41, 5.74) is 0. The Balaban J connectivity index is 1.36. The summed E-state index contributed by atoms with van der Waals surface area (Å²) in [6.45, 7) is 5.04. The molecule has 0 aliphatic heterocycles. The maximum atomic E-state index is 2.53. The zero-order chi connectivity index (χ0) is 15.1. The molecule has 0 heterocycles. The van der Waals surface area contributed by atoms with Gasteiger partial charge in [-0.1, -0.05) is 39.5 Å². The van der Waals surface area contributed by atoms with Crippen LogP contribution >= 0.6 is 0 Å². The van der Waals surface area contributed by atoms with E-state index >= 15 is 0 Å². The Bertz CT molecular complexity index is 372. The fourth-order valence-corrected chi connectivity index (χ4v) is 7.15. The molecule has 0 radical (unpaired) electrons. The standard InChI is InChI=1S/C22H38/c1-15-11-19-9-10-21(14-22(19)12-16(15)2)20-8-7-17-5-3-4-6-18(17)13-20/h15-22H,3-14H2,1-2H3. The van der Waals surface area contributed by atoms with Crippen LogP contribution in [0.15, 0.2) is 0 Å². The van der Waals surface area contributed by atoms with E-state index in [1.807, 2.05) is 0 Å². The van der Waals surface area contributed by atoms with E-state index in [0.717, 1.165) is 47.3 Å². The highest BCUT2D eigenvalue weighted by Crippen LogP contribution is 2.52. The summed E-state index contributed by atoms with van der Waals surface area (Å²) in [6.07, 6.45) is 18.9. The molecule has 126 valence electrons. The molecule has 4 rings (SSSR count). The highest BCUT2D eigenvalue weighted by molar-refractivity contribution is 4.92.